The minimum atomic E-state index is -0.752. The van der Waals surface area contributed by atoms with Crippen LogP contribution in [-0.4, -0.2) is 64.9 Å². The topological polar surface area (TPSA) is 131 Å². The van der Waals surface area contributed by atoms with Gasteiger partial charge in [-0.2, -0.15) is 0 Å². The second-order valence-corrected chi connectivity index (χ2v) is 13.7. The van der Waals surface area contributed by atoms with Gasteiger partial charge in [0.2, 0.25) is 11.8 Å². The Kier molecular flexibility index (Phi) is 9.87. The highest BCUT2D eigenvalue weighted by atomic mass is 16.6. The minimum absolute atomic E-state index is 0.0727. The summed E-state index contributed by atoms with van der Waals surface area (Å²) < 4.78 is 5.37. The molecule has 4 aliphatic carbocycles. The summed E-state index contributed by atoms with van der Waals surface area (Å²) >= 11 is 0. The highest BCUT2D eigenvalue weighted by Crippen LogP contribution is 2.54. The van der Waals surface area contributed by atoms with Crippen LogP contribution in [0.1, 0.15) is 99.3 Å². The third-order valence-corrected chi connectivity index (χ3v) is 8.12. The molecule has 0 aromatic carbocycles. The van der Waals surface area contributed by atoms with Crippen molar-refractivity contribution in [2.45, 2.75) is 123 Å². The summed E-state index contributed by atoms with van der Waals surface area (Å²) in [6.07, 6.45) is 9.70. The lowest BCUT2D eigenvalue weighted by molar-refractivity contribution is -0.132. The lowest BCUT2D eigenvalue weighted by Gasteiger charge is -2.55. The highest BCUT2D eigenvalue weighted by Gasteiger charge is 2.48. The van der Waals surface area contributed by atoms with Crippen molar-refractivity contribution < 1.29 is 23.9 Å². The van der Waals surface area contributed by atoms with Gasteiger partial charge in [-0.25, -0.2) is 4.79 Å². The molecule has 38 heavy (non-hydrogen) atoms. The van der Waals surface area contributed by atoms with Crippen molar-refractivity contribution in [1.82, 2.24) is 15.5 Å². The molecule has 4 saturated carbocycles. The number of amides is 3. The van der Waals surface area contributed by atoms with Crippen molar-refractivity contribution in [2.75, 3.05) is 13.1 Å². The van der Waals surface area contributed by atoms with E-state index in [1.54, 1.807) is 20.8 Å². The molecular weight excluding hydrogens is 484 g/mol. The fraction of sp³-hybridized carbons (Fsp3) is 0.862. The first-order valence-corrected chi connectivity index (χ1v) is 14.5. The quantitative estimate of drug-likeness (QED) is 0.458. The van der Waals surface area contributed by atoms with Gasteiger partial charge in [-0.3, -0.25) is 19.3 Å². The number of nitrogens with two attached hydrogens (primary N) is 1. The molecule has 5 aliphatic rings. The molecule has 1 saturated heterocycles. The van der Waals surface area contributed by atoms with Crippen LogP contribution in [0.2, 0.25) is 0 Å². The standard InChI is InChI=1S/C19H33N3O5.C10H17N/c1-12(2)10-14(16(24)20-11-13(3)23)21-17(25)15-8-7-9-22(15)18(26)27-19(4,5)6;11-10-4-7-1-8(5-10)3-9(2-7)6-10/h12,14-15H,7-11H2,1-6H3,(H,20,24)(H,21,25);7-9H,1-6,11H2/t14-,15-;/m0./s1. The zero-order valence-electron chi connectivity index (χ0n) is 24.3. The summed E-state index contributed by atoms with van der Waals surface area (Å²) in [5.41, 5.74) is 5.98. The van der Waals surface area contributed by atoms with Crippen LogP contribution in [0.15, 0.2) is 0 Å². The minimum Gasteiger partial charge on any atom is -0.444 e. The van der Waals surface area contributed by atoms with Gasteiger partial charge in [0, 0.05) is 12.1 Å². The number of nitrogens with zero attached hydrogens (tertiary/aromatic N) is 1. The Hall–Kier alpha value is -2.16. The molecule has 216 valence electrons. The van der Waals surface area contributed by atoms with Gasteiger partial charge in [-0.05, 0) is 109 Å². The zero-order chi connectivity index (χ0) is 28.3. The van der Waals surface area contributed by atoms with Gasteiger partial charge >= 0.3 is 6.09 Å². The summed E-state index contributed by atoms with van der Waals surface area (Å²) in [4.78, 5) is 50.0. The van der Waals surface area contributed by atoms with Crippen LogP contribution in [0, 0.1) is 23.7 Å². The van der Waals surface area contributed by atoms with Crippen LogP contribution in [0.3, 0.4) is 0 Å². The fourth-order valence-corrected chi connectivity index (χ4v) is 7.06. The van der Waals surface area contributed by atoms with Gasteiger partial charge in [-0.1, -0.05) is 13.8 Å². The Labute approximate surface area is 228 Å². The second-order valence-electron chi connectivity index (χ2n) is 13.7. The van der Waals surface area contributed by atoms with Crippen molar-refractivity contribution in [3.8, 4) is 0 Å². The van der Waals surface area contributed by atoms with E-state index < -0.39 is 29.7 Å². The van der Waals surface area contributed by atoms with E-state index in [0.717, 1.165) is 17.8 Å². The lowest BCUT2D eigenvalue weighted by Crippen LogP contribution is -2.55. The largest absolute Gasteiger partial charge is 0.444 e. The SMILES string of the molecule is CC(=O)CNC(=O)[C@H](CC(C)C)NC(=O)[C@@H]1CCCN1C(=O)OC(C)(C)C.NC12CC3CC(CC(C3)C1)C2. The second kappa shape index (κ2) is 12.3. The Morgan fingerprint density at radius 2 is 1.58 bits per heavy atom. The summed E-state index contributed by atoms with van der Waals surface area (Å²) in [6, 6.07) is -1.41. The molecule has 5 rings (SSSR count). The molecule has 1 aliphatic heterocycles. The molecule has 0 unspecified atom stereocenters. The predicted octanol–water partition coefficient (Wildman–Crippen LogP) is 3.54. The van der Waals surface area contributed by atoms with Crippen molar-refractivity contribution in [3.05, 3.63) is 0 Å². The first-order chi connectivity index (χ1) is 17.6. The summed E-state index contributed by atoms with van der Waals surface area (Å²) in [6.45, 7) is 11.0. The number of rotatable bonds is 7. The van der Waals surface area contributed by atoms with E-state index in [4.69, 9.17) is 10.5 Å². The predicted molar refractivity (Wildman–Crippen MR) is 146 cm³/mol. The number of hydrogen-bond acceptors (Lipinski definition) is 6. The van der Waals surface area contributed by atoms with Crippen LogP contribution < -0.4 is 16.4 Å². The van der Waals surface area contributed by atoms with Crippen LogP contribution >= 0.6 is 0 Å². The van der Waals surface area contributed by atoms with Gasteiger partial charge in [0.1, 0.15) is 23.5 Å². The maximum Gasteiger partial charge on any atom is 0.410 e. The average Bonchev–Trinajstić information content (AvgIpc) is 3.24. The molecule has 0 aromatic heterocycles. The molecule has 9 nitrogen and oxygen atoms in total. The molecule has 4 N–H and O–H groups in total. The first-order valence-electron chi connectivity index (χ1n) is 14.5. The van der Waals surface area contributed by atoms with E-state index in [1.807, 2.05) is 13.8 Å². The molecule has 1 heterocycles. The van der Waals surface area contributed by atoms with Crippen LogP contribution in [0.5, 0.6) is 0 Å². The van der Waals surface area contributed by atoms with Crippen LogP contribution in [0.25, 0.3) is 0 Å². The Morgan fingerprint density at radius 1 is 1.03 bits per heavy atom. The van der Waals surface area contributed by atoms with Crippen molar-refractivity contribution in [2.24, 2.45) is 29.4 Å². The van der Waals surface area contributed by atoms with Gasteiger partial charge in [-0.15, -0.1) is 0 Å². The number of nitrogens with one attached hydrogen (secondary N) is 2. The van der Waals surface area contributed by atoms with E-state index in [1.165, 1.54) is 50.3 Å². The van der Waals surface area contributed by atoms with Crippen molar-refractivity contribution >= 4 is 23.7 Å². The molecule has 3 amide bonds. The summed E-state index contributed by atoms with van der Waals surface area (Å²) in [5.74, 6) is 2.30. The van der Waals surface area contributed by atoms with Gasteiger partial charge in [0.25, 0.3) is 0 Å². The van der Waals surface area contributed by atoms with E-state index in [0.29, 0.717) is 31.3 Å². The molecular formula is C29H50N4O5. The number of carbonyl (C=O) groups excluding carboxylic acids is 4. The smallest absolute Gasteiger partial charge is 0.410 e. The third kappa shape index (κ3) is 8.68. The Bertz CT molecular complexity index is 845. The lowest BCUT2D eigenvalue weighted by atomic mass is 9.53. The normalized spacial score (nSPS) is 30.4. The molecule has 9 heteroatoms. The van der Waals surface area contributed by atoms with Gasteiger partial charge < -0.3 is 21.1 Å². The zero-order valence-corrected chi connectivity index (χ0v) is 24.3. The number of carbonyl (C=O) groups is 4. The monoisotopic (exact) mass is 534 g/mol. The third-order valence-electron chi connectivity index (χ3n) is 8.12. The average molecular weight is 535 g/mol. The first kappa shape index (κ1) is 30.4. The molecule has 4 bridgehead atoms. The van der Waals surface area contributed by atoms with E-state index in [2.05, 4.69) is 10.6 Å². The summed E-state index contributed by atoms with van der Waals surface area (Å²) in [7, 11) is 0. The van der Waals surface area contributed by atoms with Crippen LogP contribution in [-0.2, 0) is 19.1 Å². The number of Topliss-reactive ketones (excluding diaryl/α,β-unsaturated/α-hetero) is 1. The Balaban J connectivity index is 0.000000294. The molecule has 0 radical (unpaired) electrons. The number of ketones is 1. The fourth-order valence-electron chi connectivity index (χ4n) is 7.06. The maximum atomic E-state index is 12.8. The Morgan fingerprint density at radius 3 is 2.03 bits per heavy atom. The van der Waals surface area contributed by atoms with E-state index in [-0.39, 0.29) is 24.2 Å². The van der Waals surface area contributed by atoms with Gasteiger partial charge in [0.15, 0.2) is 0 Å². The number of hydrogen-bond donors (Lipinski definition) is 3. The highest BCUT2D eigenvalue weighted by molar-refractivity contribution is 5.93. The molecule has 5 fully saturated rings. The number of ether oxygens (including phenoxy) is 1. The molecule has 0 aromatic rings. The van der Waals surface area contributed by atoms with Crippen LogP contribution in [0.4, 0.5) is 4.79 Å². The molecule has 0 spiro atoms. The van der Waals surface area contributed by atoms with Gasteiger partial charge in [0.05, 0.1) is 6.54 Å². The number of likely N-dealkylation sites (tertiary alicyclic amines) is 1. The van der Waals surface area contributed by atoms with Crippen molar-refractivity contribution in [3.63, 3.8) is 0 Å². The van der Waals surface area contributed by atoms with E-state index in [9.17, 15) is 19.2 Å². The van der Waals surface area contributed by atoms with E-state index >= 15 is 0 Å². The molecule has 2 atom stereocenters. The maximum absolute atomic E-state index is 12.8. The van der Waals surface area contributed by atoms with Crippen molar-refractivity contribution in [1.29, 1.82) is 0 Å². The summed E-state index contributed by atoms with van der Waals surface area (Å²) in [5, 5.41) is 5.29.